The van der Waals surface area contributed by atoms with Crippen LogP contribution in [0.5, 0.6) is 5.75 Å². The van der Waals surface area contributed by atoms with E-state index in [2.05, 4.69) is 20.5 Å². The number of halogens is 1. The summed E-state index contributed by atoms with van der Waals surface area (Å²) < 4.78 is 18.8. The molecule has 1 atom stereocenters. The lowest BCUT2D eigenvalue weighted by atomic mass is 10.1. The number of aromatic amines is 1. The van der Waals surface area contributed by atoms with Crippen LogP contribution in [0, 0.1) is 15.9 Å². The maximum Gasteiger partial charge on any atom is 0.270 e. The molecule has 136 valence electrons. The summed E-state index contributed by atoms with van der Waals surface area (Å²) in [5.74, 6) is -0.132. The highest BCUT2D eigenvalue weighted by Gasteiger charge is 2.30. The van der Waals surface area contributed by atoms with Crippen LogP contribution >= 0.6 is 0 Å². The molecule has 1 aromatic heterocycles. The first kappa shape index (κ1) is 16.6. The van der Waals surface area contributed by atoms with E-state index in [1.165, 1.54) is 36.4 Å². The van der Waals surface area contributed by atoms with Crippen LogP contribution < -0.4 is 10.1 Å². The number of benzene rings is 2. The van der Waals surface area contributed by atoms with Crippen LogP contribution in [0.4, 0.5) is 16.0 Å². The molecule has 0 saturated carbocycles. The summed E-state index contributed by atoms with van der Waals surface area (Å²) in [7, 11) is 0. The Morgan fingerprint density at radius 1 is 1.33 bits per heavy atom. The van der Waals surface area contributed by atoms with Gasteiger partial charge in [-0.3, -0.25) is 25.3 Å². The lowest BCUT2D eigenvalue weighted by Gasteiger charge is -2.08. The number of fused-ring (bicyclic) bond motifs is 1. The number of rotatable bonds is 4. The second-order valence-corrected chi connectivity index (χ2v) is 5.87. The monoisotopic (exact) mass is 369 g/mol. The Morgan fingerprint density at radius 2 is 2.19 bits per heavy atom. The number of nitrogens with zero attached hydrogens (tertiary/aromatic N) is 3. The molecule has 2 aromatic carbocycles. The Bertz CT molecular complexity index is 1050. The zero-order valence-corrected chi connectivity index (χ0v) is 13.7. The SMILES string of the molecule is O=C(Nc1n[nH]c(-c2cccc([N+](=O)[O-])c2)n1)C1Cc2cc(F)ccc2O1. The molecule has 10 heteroatoms. The van der Waals surface area contributed by atoms with Crippen LogP contribution in [0.1, 0.15) is 5.56 Å². The second kappa shape index (κ2) is 6.48. The molecule has 27 heavy (non-hydrogen) atoms. The summed E-state index contributed by atoms with van der Waals surface area (Å²) >= 11 is 0. The number of amides is 1. The van der Waals surface area contributed by atoms with E-state index < -0.39 is 22.8 Å². The van der Waals surface area contributed by atoms with Crippen molar-refractivity contribution in [2.75, 3.05) is 5.32 Å². The third kappa shape index (κ3) is 3.32. The van der Waals surface area contributed by atoms with Crippen molar-refractivity contribution in [3.8, 4) is 17.1 Å². The topological polar surface area (TPSA) is 123 Å². The second-order valence-electron chi connectivity index (χ2n) is 5.87. The maximum absolute atomic E-state index is 13.3. The third-order valence-corrected chi connectivity index (χ3v) is 4.04. The van der Waals surface area contributed by atoms with Crippen molar-refractivity contribution in [3.05, 3.63) is 64.0 Å². The summed E-state index contributed by atoms with van der Waals surface area (Å²) in [6, 6.07) is 9.93. The van der Waals surface area contributed by atoms with Gasteiger partial charge in [0.05, 0.1) is 4.92 Å². The van der Waals surface area contributed by atoms with Gasteiger partial charge in [-0.2, -0.15) is 4.98 Å². The van der Waals surface area contributed by atoms with E-state index in [-0.39, 0.29) is 23.9 Å². The summed E-state index contributed by atoms with van der Waals surface area (Å²) in [5, 5.41) is 19.9. The Kier molecular flexibility index (Phi) is 3.99. The van der Waals surface area contributed by atoms with E-state index in [9.17, 15) is 19.3 Å². The van der Waals surface area contributed by atoms with Gasteiger partial charge in [-0.1, -0.05) is 12.1 Å². The Hall–Kier alpha value is -3.82. The fourth-order valence-corrected chi connectivity index (χ4v) is 2.77. The molecule has 0 fully saturated rings. The fourth-order valence-electron chi connectivity index (χ4n) is 2.77. The summed E-state index contributed by atoms with van der Waals surface area (Å²) in [4.78, 5) is 26.8. The zero-order chi connectivity index (χ0) is 19.0. The van der Waals surface area contributed by atoms with Gasteiger partial charge in [0.1, 0.15) is 11.6 Å². The minimum absolute atomic E-state index is 0.00671. The van der Waals surface area contributed by atoms with Gasteiger partial charge in [-0.15, -0.1) is 5.10 Å². The predicted molar refractivity (Wildman–Crippen MR) is 91.6 cm³/mol. The molecule has 1 aliphatic heterocycles. The number of anilines is 1. The number of nitro benzene ring substituents is 1. The Labute approximate surface area is 151 Å². The van der Waals surface area contributed by atoms with Gasteiger partial charge in [0.15, 0.2) is 11.9 Å². The number of carbonyl (C=O) groups is 1. The Balaban J connectivity index is 1.46. The van der Waals surface area contributed by atoms with E-state index in [4.69, 9.17) is 4.74 Å². The molecule has 4 rings (SSSR count). The van der Waals surface area contributed by atoms with Crippen LogP contribution in [0.3, 0.4) is 0 Å². The van der Waals surface area contributed by atoms with Crippen LogP contribution in [-0.4, -0.2) is 32.1 Å². The molecule has 1 amide bonds. The molecule has 2 heterocycles. The average Bonchev–Trinajstić information content (AvgIpc) is 3.28. The van der Waals surface area contributed by atoms with Gasteiger partial charge in [-0.25, -0.2) is 4.39 Å². The van der Waals surface area contributed by atoms with E-state index in [0.29, 0.717) is 16.9 Å². The molecule has 9 nitrogen and oxygen atoms in total. The van der Waals surface area contributed by atoms with E-state index in [0.717, 1.165) is 0 Å². The molecule has 3 aromatic rings. The number of hydrogen-bond acceptors (Lipinski definition) is 6. The van der Waals surface area contributed by atoms with Crippen molar-refractivity contribution in [3.63, 3.8) is 0 Å². The molecule has 0 aliphatic carbocycles. The van der Waals surface area contributed by atoms with Crippen molar-refractivity contribution in [2.24, 2.45) is 0 Å². The highest BCUT2D eigenvalue weighted by molar-refractivity contribution is 5.93. The largest absolute Gasteiger partial charge is 0.480 e. The number of carbonyl (C=O) groups excluding carboxylic acids is 1. The number of ether oxygens (including phenoxy) is 1. The molecule has 0 saturated heterocycles. The molecular weight excluding hydrogens is 357 g/mol. The summed E-state index contributed by atoms with van der Waals surface area (Å²) in [6.45, 7) is 0. The highest BCUT2D eigenvalue weighted by Crippen LogP contribution is 2.29. The smallest absolute Gasteiger partial charge is 0.270 e. The van der Waals surface area contributed by atoms with E-state index >= 15 is 0 Å². The van der Waals surface area contributed by atoms with Gasteiger partial charge < -0.3 is 4.74 Å². The number of H-pyrrole nitrogens is 1. The number of aromatic nitrogens is 3. The summed E-state index contributed by atoms with van der Waals surface area (Å²) in [5.41, 5.74) is 0.985. The van der Waals surface area contributed by atoms with Gasteiger partial charge in [-0.05, 0) is 18.2 Å². The van der Waals surface area contributed by atoms with Crippen LogP contribution in [0.25, 0.3) is 11.4 Å². The van der Waals surface area contributed by atoms with E-state index in [1.54, 1.807) is 6.07 Å². The molecule has 1 aliphatic rings. The minimum atomic E-state index is -0.818. The van der Waals surface area contributed by atoms with Gasteiger partial charge in [0.2, 0.25) is 5.95 Å². The first-order chi connectivity index (χ1) is 13.0. The third-order valence-electron chi connectivity index (χ3n) is 4.04. The van der Waals surface area contributed by atoms with Crippen molar-refractivity contribution in [1.82, 2.24) is 15.2 Å². The van der Waals surface area contributed by atoms with Crippen molar-refractivity contribution in [1.29, 1.82) is 0 Å². The maximum atomic E-state index is 13.3. The minimum Gasteiger partial charge on any atom is -0.480 e. The number of nitrogens with one attached hydrogen (secondary N) is 2. The first-order valence-corrected chi connectivity index (χ1v) is 7.93. The fraction of sp³-hybridized carbons (Fsp3) is 0.118. The molecular formula is C17H12FN5O4. The number of nitro groups is 1. The quantitative estimate of drug-likeness (QED) is 0.538. The molecule has 0 spiro atoms. The van der Waals surface area contributed by atoms with Crippen LogP contribution in [0.2, 0.25) is 0 Å². The molecule has 1 unspecified atom stereocenters. The zero-order valence-electron chi connectivity index (χ0n) is 13.7. The van der Waals surface area contributed by atoms with Crippen molar-refractivity contribution < 1.29 is 18.8 Å². The lowest BCUT2D eigenvalue weighted by molar-refractivity contribution is -0.384. The van der Waals surface area contributed by atoms with Gasteiger partial charge >= 0.3 is 0 Å². The normalized spacial score (nSPS) is 15.1. The number of hydrogen-bond donors (Lipinski definition) is 2. The summed E-state index contributed by atoms with van der Waals surface area (Å²) in [6.07, 6.45) is -0.581. The average molecular weight is 369 g/mol. The highest BCUT2D eigenvalue weighted by atomic mass is 19.1. The van der Waals surface area contributed by atoms with Crippen LogP contribution in [0.15, 0.2) is 42.5 Å². The lowest BCUT2D eigenvalue weighted by Crippen LogP contribution is -2.31. The molecule has 0 radical (unpaired) electrons. The first-order valence-electron chi connectivity index (χ1n) is 7.93. The van der Waals surface area contributed by atoms with Gasteiger partial charge in [0, 0.05) is 29.7 Å². The Morgan fingerprint density at radius 3 is 3.00 bits per heavy atom. The standard InChI is InChI=1S/C17H12FN5O4/c18-11-4-5-13-10(6-11)8-14(27-13)16(24)20-17-19-15(21-22-17)9-2-1-3-12(7-9)23(25)26/h1-7,14H,8H2,(H2,19,20,21,22,24). The van der Waals surface area contributed by atoms with Crippen LogP contribution in [-0.2, 0) is 11.2 Å². The molecule has 2 N–H and O–H groups in total. The number of non-ortho nitro benzene ring substituents is 1. The van der Waals surface area contributed by atoms with Crippen molar-refractivity contribution >= 4 is 17.5 Å². The molecule has 0 bridgehead atoms. The van der Waals surface area contributed by atoms with E-state index in [1.807, 2.05) is 0 Å². The van der Waals surface area contributed by atoms with Crippen molar-refractivity contribution in [2.45, 2.75) is 12.5 Å². The van der Waals surface area contributed by atoms with Gasteiger partial charge in [0.25, 0.3) is 11.6 Å². The predicted octanol–water partition coefficient (Wildman–Crippen LogP) is 2.46.